The van der Waals surface area contributed by atoms with Gasteiger partial charge in [0.1, 0.15) is 5.60 Å². The fourth-order valence-electron chi connectivity index (χ4n) is 1.86. The van der Waals surface area contributed by atoms with E-state index in [1.54, 1.807) is 20.8 Å². The number of nitrogens with zero attached hydrogens (tertiary/aromatic N) is 1. The molecule has 0 N–H and O–H groups in total. The Balaban J connectivity index is 3.03. The maximum Gasteiger partial charge on any atom is 0.414 e. The lowest BCUT2D eigenvalue weighted by molar-refractivity contribution is -0.174. The highest BCUT2D eigenvalue weighted by atomic mass is 19.4. The zero-order chi connectivity index (χ0) is 16.4. The number of carbonyl (C=O) groups is 2. The molecule has 120 valence electrons. The SMILES string of the molecule is COC(=O)C1=CN(C(=O)OC(C)(C)C)CCC1C(F)(F)F. The van der Waals surface area contributed by atoms with Crippen molar-refractivity contribution in [2.45, 2.75) is 39.0 Å². The summed E-state index contributed by atoms with van der Waals surface area (Å²) >= 11 is 0. The lowest BCUT2D eigenvalue weighted by Gasteiger charge is -2.32. The van der Waals surface area contributed by atoms with Crippen LogP contribution in [0.3, 0.4) is 0 Å². The minimum atomic E-state index is -4.57. The number of halogens is 3. The Labute approximate surface area is 120 Å². The molecule has 5 nitrogen and oxygen atoms in total. The molecule has 0 fully saturated rings. The number of amides is 1. The van der Waals surface area contributed by atoms with Crippen LogP contribution in [-0.2, 0) is 14.3 Å². The first kappa shape index (κ1) is 17.3. The standard InChI is InChI=1S/C13H18F3NO4/c1-12(2,3)21-11(19)17-6-5-9(13(14,15)16)8(7-17)10(18)20-4/h7,9H,5-6H2,1-4H3. The van der Waals surface area contributed by atoms with Crippen LogP contribution in [0.2, 0.25) is 0 Å². The molecule has 1 rings (SSSR count). The molecule has 0 aromatic heterocycles. The van der Waals surface area contributed by atoms with Crippen molar-refractivity contribution in [1.29, 1.82) is 0 Å². The first-order valence-corrected chi connectivity index (χ1v) is 6.32. The van der Waals surface area contributed by atoms with E-state index in [1.807, 2.05) is 0 Å². The van der Waals surface area contributed by atoms with E-state index >= 15 is 0 Å². The van der Waals surface area contributed by atoms with Crippen molar-refractivity contribution >= 4 is 12.1 Å². The van der Waals surface area contributed by atoms with Crippen molar-refractivity contribution in [3.63, 3.8) is 0 Å². The van der Waals surface area contributed by atoms with Gasteiger partial charge >= 0.3 is 18.2 Å². The van der Waals surface area contributed by atoms with Crippen LogP contribution in [0.4, 0.5) is 18.0 Å². The van der Waals surface area contributed by atoms with Gasteiger partial charge in [0.25, 0.3) is 0 Å². The minimum absolute atomic E-state index is 0.181. The van der Waals surface area contributed by atoms with Crippen LogP contribution in [0.15, 0.2) is 11.8 Å². The van der Waals surface area contributed by atoms with Crippen molar-refractivity contribution in [2.24, 2.45) is 5.92 Å². The Morgan fingerprint density at radius 2 is 1.86 bits per heavy atom. The topological polar surface area (TPSA) is 55.8 Å². The van der Waals surface area contributed by atoms with Crippen LogP contribution in [-0.4, -0.2) is 42.4 Å². The number of hydrogen-bond acceptors (Lipinski definition) is 4. The molecule has 1 aliphatic heterocycles. The van der Waals surface area contributed by atoms with Crippen molar-refractivity contribution < 1.29 is 32.2 Å². The molecular formula is C13H18F3NO4. The lowest BCUT2D eigenvalue weighted by atomic mass is 9.92. The van der Waals surface area contributed by atoms with Crippen LogP contribution >= 0.6 is 0 Å². The second-order valence-electron chi connectivity index (χ2n) is 5.63. The molecule has 0 aromatic rings. The molecule has 1 heterocycles. The molecule has 0 radical (unpaired) electrons. The summed E-state index contributed by atoms with van der Waals surface area (Å²) in [6.07, 6.45) is -4.92. The molecule has 1 unspecified atom stereocenters. The summed E-state index contributed by atoms with van der Waals surface area (Å²) in [5, 5.41) is 0. The van der Waals surface area contributed by atoms with E-state index < -0.39 is 41.8 Å². The Hall–Kier alpha value is -1.73. The first-order valence-electron chi connectivity index (χ1n) is 6.32. The van der Waals surface area contributed by atoms with Gasteiger partial charge in [-0.2, -0.15) is 13.2 Å². The Bertz CT molecular complexity index is 451. The number of ether oxygens (including phenoxy) is 2. The molecule has 1 amide bonds. The van der Waals surface area contributed by atoms with Crippen LogP contribution in [0.25, 0.3) is 0 Å². The summed E-state index contributed by atoms with van der Waals surface area (Å²) in [5.41, 5.74) is -1.38. The van der Waals surface area contributed by atoms with Crippen molar-refractivity contribution in [1.82, 2.24) is 4.90 Å². The monoisotopic (exact) mass is 309 g/mol. The number of hydrogen-bond donors (Lipinski definition) is 0. The fourth-order valence-corrected chi connectivity index (χ4v) is 1.86. The highest BCUT2D eigenvalue weighted by Crippen LogP contribution is 2.37. The average molecular weight is 309 g/mol. The summed E-state index contributed by atoms with van der Waals surface area (Å²) in [6.45, 7) is 4.73. The molecule has 0 spiro atoms. The maximum absolute atomic E-state index is 12.9. The number of carbonyl (C=O) groups excluding carboxylic acids is 2. The molecule has 1 atom stereocenters. The van der Waals surface area contributed by atoms with Gasteiger partial charge in [0, 0.05) is 12.7 Å². The lowest BCUT2D eigenvalue weighted by Crippen LogP contribution is -2.41. The summed E-state index contributed by atoms with van der Waals surface area (Å²) in [4.78, 5) is 24.3. The van der Waals surface area contributed by atoms with Gasteiger partial charge in [-0.15, -0.1) is 0 Å². The Morgan fingerprint density at radius 3 is 2.29 bits per heavy atom. The Morgan fingerprint density at radius 1 is 1.29 bits per heavy atom. The molecular weight excluding hydrogens is 291 g/mol. The van der Waals surface area contributed by atoms with E-state index in [2.05, 4.69) is 4.74 Å². The summed E-state index contributed by atoms with van der Waals surface area (Å²) in [7, 11) is 0.989. The predicted molar refractivity (Wildman–Crippen MR) is 67.2 cm³/mol. The van der Waals surface area contributed by atoms with Gasteiger partial charge in [0.15, 0.2) is 0 Å². The van der Waals surface area contributed by atoms with E-state index in [-0.39, 0.29) is 6.54 Å². The predicted octanol–water partition coefficient (Wildman–Crippen LogP) is 2.86. The molecule has 0 saturated heterocycles. The van der Waals surface area contributed by atoms with Gasteiger partial charge in [0.2, 0.25) is 0 Å². The highest BCUT2D eigenvalue weighted by Gasteiger charge is 2.47. The number of alkyl halides is 3. The van der Waals surface area contributed by atoms with Crippen molar-refractivity contribution in [3.05, 3.63) is 11.8 Å². The fraction of sp³-hybridized carbons (Fsp3) is 0.692. The zero-order valence-electron chi connectivity index (χ0n) is 12.3. The largest absolute Gasteiger partial charge is 0.466 e. The molecule has 0 aromatic carbocycles. The van der Waals surface area contributed by atoms with Gasteiger partial charge in [-0.25, -0.2) is 9.59 Å². The second kappa shape index (κ2) is 5.95. The molecule has 0 aliphatic carbocycles. The van der Waals surface area contributed by atoms with E-state index in [0.717, 1.165) is 18.2 Å². The minimum Gasteiger partial charge on any atom is -0.466 e. The molecule has 0 saturated carbocycles. The van der Waals surface area contributed by atoms with Crippen molar-refractivity contribution in [3.8, 4) is 0 Å². The van der Waals surface area contributed by atoms with E-state index in [1.165, 1.54) is 0 Å². The first-order chi connectivity index (χ1) is 9.45. The second-order valence-corrected chi connectivity index (χ2v) is 5.63. The smallest absolute Gasteiger partial charge is 0.414 e. The summed E-state index contributed by atoms with van der Waals surface area (Å²) in [5.74, 6) is -3.05. The molecule has 21 heavy (non-hydrogen) atoms. The maximum atomic E-state index is 12.9. The van der Waals surface area contributed by atoms with Gasteiger partial charge < -0.3 is 9.47 Å². The third-order valence-corrected chi connectivity index (χ3v) is 2.77. The summed E-state index contributed by atoms with van der Waals surface area (Å²) < 4.78 is 48.1. The van der Waals surface area contributed by atoms with Crippen LogP contribution < -0.4 is 0 Å². The molecule has 1 aliphatic rings. The molecule has 0 bridgehead atoms. The Kier molecular flexibility index (Phi) is 4.91. The van der Waals surface area contributed by atoms with Gasteiger partial charge in [0.05, 0.1) is 18.6 Å². The highest BCUT2D eigenvalue weighted by molar-refractivity contribution is 5.90. The van der Waals surface area contributed by atoms with Crippen LogP contribution in [0, 0.1) is 5.92 Å². The normalized spacial score (nSPS) is 19.9. The average Bonchev–Trinajstić information content (AvgIpc) is 2.34. The van der Waals surface area contributed by atoms with Crippen LogP contribution in [0.5, 0.6) is 0 Å². The quantitative estimate of drug-likeness (QED) is 0.699. The van der Waals surface area contributed by atoms with E-state index in [9.17, 15) is 22.8 Å². The van der Waals surface area contributed by atoms with Crippen molar-refractivity contribution in [2.75, 3.05) is 13.7 Å². The van der Waals surface area contributed by atoms with E-state index in [0.29, 0.717) is 0 Å². The van der Waals surface area contributed by atoms with E-state index in [4.69, 9.17) is 4.74 Å². The number of esters is 1. The van der Waals surface area contributed by atoms with Gasteiger partial charge in [-0.05, 0) is 27.2 Å². The van der Waals surface area contributed by atoms with Crippen LogP contribution in [0.1, 0.15) is 27.2 Å². The molecule has 8 heteroatoms. The van der Waals surface area contributed by atoms with Gasteiger partial charge in [-0.1, -0.05) is 0 Å². The number of methoxy groups -OCH3 is 1. The number of rotatable bonds is 1. The summed E-state index contributed by atoms with van der Waals surface area (Å²) in [6, 6.07) is 0. The third-order valence-electron chi connectivity index (χ3n) is 2.77. The third kappa shape index (κ3) is 4.64. The van der Waals surface area contributed by atoms with Gasteiger partial charge in [-0.3, -0.25) is 4.90 Å². The zero-order valence-corrected chi connectivity index (χ0v) is 12.3.